The highest BCUT2D eigenvalue weighted by Crippen LogP contribution is 2.30. The molecule has 0 bridgehead atoms. The van der Waals surface area contributed by atoms with Crippen LogP contribution in [-0.2, 0) is 9.53 Å². The Balaban J connectivity index is 2.25. The first-order valence-corrected chi connectivity index (χ1v) is 6.15. The predicted molar refractivity (Wildman–Crippen MR) is 68.0 cm³/mol. The van der Waals surface area contributed by atoms with Crippen molar-refractivity contribution in [3.05, 3.63) is 34.4 Å². The Hall–Kier alpha value is -2.27. The number of carbonyl (C=O) groups is 1. The number of aliphatic hydroxyl groups excluding tert-OH is 3. The summed E-state index contributed by atoms with van der Waals surface area (Å²) < 4.78 is 9.99. The highest BCUT2D eigenvalue weighted by atomic mass is 16.7. The average molecular weight is 315 g/mol. The molecule has 0 spiro atoms. The molecular weight excluding hydrogens is 302 g/mol. The number of carboxylic acid groups (broad SMARTS) is 1. The number of hydrogen-bond donors (Lipinski definition) is 4. The van der Waals surface area contributed by atoms with E-state index in [-0.39, 0.29) is 5.75 Å². The minimum Gasteiger partial charge on any atom is -0.479 e. The van der Waals surface area contributed by atoms with Crippen molar-refractivity contribution in [2.24, 2.45) is 0 Å². The first-order valence-electron chi connectivity index (χ1n) is 6.15. The molecule has 4 N–H and O–H groups in total. The van der Waals surface area contributed by atoms with Crippen LogP contribution >= 0.6 is 0 Å². The maximum atomic E-state index is 10.9. The highest BCUT2D eigenvalue weighted by molar-refractivity contribution is 5.73. The molecule has 1 heterocycles. The van der Waals surface area contributed by atoms with Crippen molar-refractivity contribution in [1.29, 1.82) is 0 Å². The quantitative estimate of drug-likeness (QED) is 0.398. The first-order chi connectivity index (χ1) is 10.3. The van der Waals surface area contributed by atoms with Gasteiger partial charge in [-0.1, -0.05) is 12.1 Å². The Morgan fingerprint density at radius 2 is 1.82 bits per heavy atom. The zero-order valence-corrected chi connectivity index (χ0v) is 11.0. The van der Waals surface area contributed by atoms with Gasteiger partial charge in [-0.15, -0.1) is 0 Å². The van der Waals surface area contributed by atoms with E-state index in [2.05, 4.69) is 0 Å². The van der Waals surface area contributed by atoms with E-state index in [4.69, 9.17) is 14.6 Å². The maximum absolute atomic E-state index is 10.9. The lowest BCUT2D eigenvalue weighted by Crippen LogP contribution is -2.61. The summed E-state index contributed by atoms with van der Waals surface area (Å²) in [5, 5.41) is 48.7. The SMILES string of the molecule is O=C(O)[C@H]1OC(Oc2ccccc2[N+](=O)[O-])[C@H](O)[C@@H](O)[C@@H]1O. The molecule has 0 radical (unpaired) electrons. The Labute approximate surface area is 123 Å². The fourth-order valence-electron chi connectivity index (χ4n) is 1.98. The summed E-state index contributed by atoms with van der Waals surface area (Å²) in [5.41, 5.74) is -0.425. The Morgan fingerprint density at radius 3 is 2.41 bits per heavy atom. The molecule has 1 aromatic rings. The third-order valence-electron chi connectivity index (χ3n) is 3.12. The van der Waals surface area contributed by atoms with E-state index in [9.17, 15) is 30.2 Å². The number of hydrogen-bond acceptors (Lipinski definition) is 8. The lowest BCUT2D eigenvalue weighted by atomic mass is 9.99. The number of rotatable bonds is 4. The standard InChI is InChI=1S/C12H13NO9/c14-7-8(15)10(11(17)18)22-12(9(7)16)21-6-4-2-1-3-5(6)13(19)20/h1-4,7-10,12,14-16H,(H,17,18)/t7-,8-,9+,10-,12?/m0/s1. The van der Waals surface area contributed by atoms with Crippen molar-refractivity contribution in [3.8, 4) is 5.75 Å². The largest absolute Gasteiger partial charge is 0.479 e. The van der Waals surface area contributed by atoms with Crippen molar-refractivity contribution in [3.63, 3.8) is 0 Å². The highest BCUT2D eigenvalue weighted by Gasteiger charge is 2.48. The molecule has 10 nitrogen and oxygen atoms in total. The van der Waals surface area contributed by atoms with Crippen LogP contribution in [0.3, 0.4) is 0 Å². The van der Waals surface area contributed by atoms with E-state index >= 15 is 0 Å². The number of carboxylic acids is 1. The van der Waals surface area contributed by atoms with Gasteiger partial charge in [-0.25, -0.2) is 4.79 Å². The summed E-state index contributed by atoms with van der Waals surface area (Å²) in [6, 6.07) is 5.19. The van der Waals surface area contributed by atoms with E-state index in [1.165, 1.54) is 18.2 Å². The van der Waals surface area contributed by atoms with Crippen molar-refractivity contribution < 1.29 is 39.6 Å². The third kappa shape index (κ3) is 2.99. The van der Waals surface area contributed by atoms with Gasteiger partial charge in [-0.05, 0) is 6.07 Å². The van der Waals surface area contributed by atoms with Crippen LogP contribution in [0.4, 0.5) is 5.69 Å². The van der Waals surface area contributed by atoms with Gasteiger partial charge >= 0.3 is 11.7 Å². The summed E-state index contributed by atoms with van der Waals surface area (Å²) >= 11 is 0. The molecule has 1 saturated heterocycles. The predicted octanol–water partition coefficient (Wildman–Crippen LogP) is -1.13. The van der Waals surface area contributed by atoms with E-state index < -0.39 is 47.3 Å². The Kier molecular flexibility index (Phi) is 4.56. The zero-order valence-electron chi connectivity index (χ0n) is 11.0. The molecule has 1 unspecified atom stereocenters. The molecule has 1 aromatic carbocycles. The summed E-state index contributed by atoms with van der Waals surface area (Å²) in [6.07, 6.45) is -9.03. The second-order valence-corrected chi connectivity index (χ2v) is 4.58. The Morgan fingerprint density at radius 1 is 1.18 bits per heavy atom. The molecule has 0 saturated carbocycles. The number of nitro groups is 1. The van der Waals surface area contributed by atoms with Gasteiger partial charge in [0.05, 0.1) is 4.92 Å². The summed E-state index contributed by atoms with van der Waals surface area (Å²) in [4.78, 5) is 21.1. The zero-order chi connectivity index (χ0) is 16.4. The van der Waals surface area contributed by atoms with Crippen LogP contribution in [0.25, 0.3) is 0 Å². The van der Waals surface area contributed by atoms with Crippen LogP contribution in [0.15, 0.2) is 24.3 Å². The molecule has 5 atom stereocenters. The monoisotopic (exact) mass is 315 g/mol. The fraction of sp³-hybridized carbons (Fsp3) is 0.417. The van der Waals surface area contributed by atoms with E-state index in [1.807, 2.05) is 0 Å². The minimum absolute atomic E-state index is 0.274. The van der Waals surface area contributed by atoms with Crippen molar-refractivity contribution in [1.82, 2.24) is 0 Å². The van der Waals surface area contributed by atoms with Gasteiger partial charge in [0, 0.05) is 6.07 Å². The number of aliphatic hydroxyl groups is 3. The number of ether oxygens (including phenoxy) is 2. The second-order valence-electron chi connectivity index (χ2n) is 4.58. The molecule has 2 rings (SSSR count). The molecule has 10 heteroatoms. The molecule has 0 aliphatic carbocycles. The minimum atomic E-state index is -1.86. The summed E-state index contributed by atoms with van der Waals surface area (Å²) in [6.45, 7) is 0. The van der Waals surface area contributed by atoms with Gasteiger partial charge in [0.2, 0.25) is 6.29 Å². The molecular formula is C12H13NO9. The lowest BCUT2D eigenvalue weighted by Gasteiger charge is -2.38. The number of para-hydroxylation sites is 2. The van der Waals surface area contributed by atoms with Crippen molar-refractivity contribution >= 4 is 11.7 Å². The number of nitro benzene ring substituents is 1. The van der Waals surface area contributed by atoms with Crippen LogP contribution in [-0.4, -0.2) is 62.0 Å². The van der Waals surface area contributed by atoms with Crippen LogP contribution in [0.5, 0.6) is 5.75 Å². The Bertz CT molecular complexity index is 577. The normalized spacial score (nSPS) is 31.5. The maximum Gasteiger partial charge on any atom is 0.335 e. The van der Waals surface area contributed by atoms with Gasteiger partial charge in [0.1, 0.15) is 18.3 Å². The third-order valence-corrected chi connectivity index (χ3v) is 3.12. The van der Waals surface area contributed by atoms with E-state index in [0.29, 0.717) is 0 Å². The molecule has 0 aromatic heterocycles. The van der Waals surface area contributed by atoms with E-state index in [1.54, 1.807) is 0 Å². The lowest BCUT2D eigenvalue weighted by molar-refractivity contribution is -0.387. The summed E-state index contributed by atoms with van der Waals surface area (Å²) in [7, 11) is 0. The number of nitrogens with zero attached hydrogens (tertiary/aromatic N) is 1. The topological polar surface area (TPSA) is 160 Å². The van der Waals surface area contributed by atoms with Crippen molar-refractivity contribution in [2.45, 2.75) is 30.7 Å². The number of benzene rings is 1. The van der Waals surface area contributed by atoms with E-state index in [0.717, 1.165) is 6.07 Å². The van der Waals surface area contributed by atoms with Gasteiger partial charge in [-0.2, -0.15) is 0 Å². The first kappa shape index (κ1) is 16.1. The average Bonchev–Trinajstić information content (AvgIpc) is 2.47. The van der Waals surface area contributed by atoms with Gasteiger partial charge in [0.15, 0.2) is 11.9 Å². The smallest absolute Gasteiger partial charge is 0.335 e. The molecule has 1 aliphatic heterocycles. The molecule has 1 aliphatic rings. The van der Waals surface area contributed by atoms with Gasteiger partial charge in [0.25, 0.3) is 0 Å². The van der Waals surface area contributed by atoms with Crippen LogP contribution in [0, 0.1) is 10.1 Å². The van der Waals surface area contributed by atoms with Crippen LogP contribution in [0.1, 0.15) is 0 Å². The van der Waals surface area contributed by atoms with Crippen LogP contribution < -0.4 is 4.74 Å². The summed E-state index contributed by atoms with van der Waals surface area (Å²) in [5.74, 6) is -1.85. The molecule has 120 valence electrons. The fourth-order valence-corrected chi connectivity index (χ4v) is 1.98. The van der Waals surface area contributed by atoms with Crippen LogP contribution in [0.2, 0.25) is 0 Å². The van der Waals surface area contributed by atoms with Gasteiger partial charge in [-0.3, -0.25) is 10.1 Å². The molecule has 1 fully saturated rings. The molecule has 0 amide bonds. The van der Waals surface area contributed by atoms with Gasteiger partial charge < -0.3 is 29.9 Å². The second kappa shape index (κ2) is 6.23. The molecule has 22 heavy (non-hydrogen) atoms. The van der Waals surface area contributed by atoms with Crippen molar-refractivity contribution in [2.75, 3.05) is 0 Å². The number of aliphatic carboxylic acids is 1.